The Morgan fingerprint density at radius 3 is 2.63 bits per heavy atom. The van der Waals surface area contributed by atoms with Crippen molar-refractivity contribution in [2.45, 2.75) is 13.0 Å². The molecule has 0 unspecified atom stereocenters. The van der Waals surface area contributed by atoms with Gasteiger partial charge in [-0.05, 0) is 36.2 Å². The van der Waals surface area contributed by atoms with Gasteiger partial charge in [0.05, 0.1) is 23.4 Å². The summed E-state index contributed by atoms with van der Waals surface area (Å²) in [5.41, 5.74) is 6.24. The summed E-state index contributed by atoms with van der Waals surface area (Å²) in [6.45, 7) is 2.19. The Hall–Kier alpha value is -3.53. The number of fused-ring (bicyclic) bond motifs is 2. The molecule has 0 fully saturated rings. The van der Waals surface area contributed by atoms with Crippen molar-refractivity contribution in [2.75, 3.05) is 0 Å². The Kier molecular flexibility index (Phi) is 3.68. The number of benzene rings is 2. The molecule has 5 aromatic rings. The molecule has 0 spiro atoms. The Morgan fingerprint density at radius 2 is 1.74 bits per heavy atom. The van der Waals surface area contributed by atoms with Gasteiger partial charge in [-0.1, -0.05) is 48.5 Å². The number of aromatic nitrogens is 4. The van der Waals surface area contributed by atoms with Crippen LogP contribution in [0.5, 0.6) is 0 Å². The lowest BCUT2D eigenvalue weighted by Gasteiger charge is -2.15. The molecule has 1 atom stereocenters. The van der Waals surface area contributed by atoms with Crippen molar-refractivity contribution in [3.05, 3.63) is 91.0 Å². The highest BCUT2D eigenvalue weighted by Crippen LogP contribution is 2.30. The number of pyridine rings is 2. The molecule has 0 amide bonds. The van der Waals surface area contributed by atoms with Crippen molar-refractivity contribution in [2.24, 2.45) is 0 Å². The Bertz CT molecular complexity index is 1240. The predicted octanol–water partition coefficient (Wildman–Crippen LogP) is 5.26. The summed E-state index contributed by atoms with van der Waals surface area (Å²) in [6.07, 6.45) is 5.60. The number of imidazole rings is 1. The van der Waals surface area contributed by atoms with Gasteiger partial charge in [0.25, 0.3) is 0 Å². The maximum atomic E-state index is 4.61. The second-order valence-corrected chi connectivity index (χ2v) is 6.68. The molecule has 0 aliphatic heterocycles. The summed E-state index contributed by atoms with van der Waals surface area (Å²) in [5.74, 6) is 0. The highest BCUT2D eigenvalue weighted by molar-refractivity contribution is 5.95. The quantitative estimate of drug-likeness (QED) is 0.446. The molecular weight excluding hydrogens is 332 g/mol. The molecule has 0 saturated heterocycles. The van der Waals surface area contributed by atoms with Crippen molar-refractivity contribution in [3.63, 3.8) is 0 Å². The van der Waals surface area contributed by atoms with Crippen molar-refractivity contribution < 1.29 is 0 Å². The van der Waals surface area contributed by atoms with Gasteiger partial charge in [-0.25, -0.2) is 9.97 Å². The molecule has 3 heterocycles. The first kappa shape index (κ1) is 15.7. The molecule has 0 N–H and O–H groups in total. The van der Waals surface area contributed by atoms with E-state index in [1.54, 1.807) is 0 Å². The number of hydrogen-bond acceptors (Lipinski definition) is 3. The molecule has 2 aromatic carbocycles. The summed E-state index contributed by atoms with van der Waals surface area (Å²) in [6, 6.07) is 23.1. The van der Waals surface area contributed by atoms with Crippen LogP contribution in [0.3, 0.4) is 0 Å². The van der Waals surface area contributed by atoms with Crippen LogP contribution < -0.4 is 0 Å². The monoisotopic (exact) mass is 350 g/mol. The zero-order chi connectivity index (χ0) is 18.2. The van der Waals surface area contributed by atoms with Crippen LogP contribution in [0.4, 0.5) is 0 Å². The molecule has 0 radical (unpaired) electrons. The highest BCUT2D eigenvalue weighted by atomic mass is 15.1. The van der Waals surface area contributed by atoms with Crippen LogP contribution in [0.15, 0.2) is 85.5 Å². The molecule has 0 saturated carbocycles. The smallest absolute Gasteiger partial charge is 0.177 e. The van der Waals surface area contributed by atoms with Crippen LogP contribution in [0.2, 0.25) is 0 Å². The predicted molar refractivity (Wildman–Crippen MR) is 109 cm³/mol. The molecule has 27 heavy (non-hydrogen) atoms. The molecule has 0 aliphatic carbocycles. The van der Waals surface area contributed by atoms with Gasteiger partial charge in [0.15, 0.2) is 5.65 Å². The van der Waals surface area contributed by atoms with Gasteiger partial charge in [0.2, 0.25) is 0 Å². The standard InChI is InChI=1S/C23H18N4/c1-16(17-7-3-2-4-8-17)27-15-26-23-22(27)13-18(14-25-23)19-9-5-11-21-20(19)10-6-12-24-21/h2-16H,1H3/t16-/m1/s1. The van der Waals surface area contributed by atoms with Crippen molar-refractivity contribution >= 4 is 22.1 Å². The van der Waals surface area contributed by atoms with Gasteiger partial charge in [-0.15, -0.1) is 0 Å². The Labute approximate surface area is 157 Å². The van der Waals surface area contributed by atoms with E-state index in [2.05, 4.69) is 68.9 Å². The topological polar surface area (TPSA) is 43.6 Å². The lowest BCUT2D eigenvalue weighted by Crippen LogP contribution is -2.05. The first-order chi connectivity index (χ1) is 13.3. The molecule has 5 rings (SSSR count). The minimum absolute atomic E-state index is 0.183. The van der Waals surface area contributed by atoms with E-state index in [-0.39, 0.29) is 6.04 Å². The third kappa shape index (κ3) is 2.66. The fraction of sp³-hybridized carbons (Fsp3) is 0.0870. The zero-order valence-corrected chi connectivity index (χ0v) is 14.9. The molecule has 0 bridgehead atoms. The normalized spacial score (nSPS) is 12.5. The van der Waals surface area contributed by atoms with E-state index < -0.39 is 0 Å². The van der Waals surface area contributed by atoms with E-state index >= 15 is 0 Å². The van der Waals surface area contributed by atoms with Crippen LogP contribution in [0.1, 0.15) is 18.5 Å². The van der Waals surface area contributed by atoms with E-state index in [9.17, 15) is 0 Å². The maximum Gasteiger partial charge on any atom is 0.177 e. The number of hydrogen-bond donors (Lipinski definition) is 0. The van der Waals surface area contributed by atoms with Crippen molar-refractivity contribution in [1.82, 2.24) is 19.5 Å². The van der Waals surface area contributed by atoms with Crippen LogP contribution >= 0.6 is 0 Å². The lowest BCUT2D eigenvalue weighted by atomic mass is 10.0. The first-order valence-corrected chi connectivity index (χ1v) is 9.03. The summed E-state index contributed by atoms with van der Waals surface area (Å²) in [5, 5.41) is 1.13. The van der Waals surface area contributed by atoms with Gasteiger partial charge in [-0.3, -0.25) is 4.98 Å². The van der Waals surface area contributed by atoms with Gasteiger partial charge < -0.3 is 4.57 Å². The maximum absolute atomic E-state index is 4.61. The highest BCUT2D eigenvalue weighted by Gasteiger charge is 2.14. The molecule has 0 aliphatic rings. The van der Waals surface area contributed by atoms with E-state index in [0.29, 0.717) is 0 Å². The lowest BCUT2D eigenvalue weighted by molar-refractivity contribution is 0.658. The zero-order valence-electron chi connectivity index (χ0n) is 14.9. The largest absolute Gasteiger partial charge is 0.322 e. The van der Waals surface area contributed by atoms with E-state index in [4.69, 9.17) is 0 Å². The summed E-state index contributed by atoms with van der Waals surface area (Å²) in [4.78, 5) is 13.6. The van der Waals surface area contributed by atoms with E-state index in [1.165, 1.54) is 5.56 Å². The van der Waals surface area contributed by atoms with Crippen molar-refractivity contribution in [3.8, 4) is 11.1 Å². The van der Waals surface area contributed by atoms with Crippen LogP contribution in [0, 0.1) is 0 Å². The van der Waals surface area contributed by atoms with Crippen LogP contribution in [-0.4, -0.2) is 19.5 Å². The van der Waals surface area contributed by atoms with Crippen molar-refractivity contribution in [1.29, 1.82) is 0 Å². The van der Waals surface area contributed by atoms with E-state index in [1.807, 2.05) is 43.0 Å². The second kappa shape index (κ2) is 6.32. The molecular formula is C23H18N4. The molecule has 4 nitrogen and oxygen atoms in total. The third-order valence-electron chi connectivity index (χ3n) is 5.09. The number of rotatable bonds is 3. The average molecular weight is 350 g/mol. The SMILES string of the molecule is C[C@H](c1ccccc1)n1cnc2ncc(-c3cccc4ncccc34)cc21. The third-order valence-corrected chi connectivity index (χ3v) is 5.09. The van der Waals surface area contributed by atoms with Crippen LogP contribution in [0.25, 0.3) is 33.2 Å². The van der Waals surface area contributed by atoms with Gasteiger partial charge in [0, 0.05) is 23.3 Å². The van der Waals surface area contributed by atoms with E-state index in [0.717, 1.165) is 33.2 Å². The summed E-state index contributed by atoms with van der Waals surface area (Å²) in [7, 11) is 0. The minimum atomic E-state index is 0.183. The Balaban J connectivity index is 1.67. The van der Waals surface area contributed by atoms with Crippen LogP contribution in [-0.2, 0) is 0 Å². The Morgan fingerprint density at radius 1 is 0.852 bits per heavy atom. The van der Waals surface area contributed by atoms with Gasteiger partial charge in [-0.2, -0.15) is 0 Å². The fourth-order valence-corrected chi connectivity index (χ4v) is 3.62. The van der Waals surface area contributed by atoms with Gasteiger partial charge >= 0.3 is 0 Å². The second-order valence-electron chi connectivity index (χ2n) is 6.68. The molecule has 4 heteroatoms. The van der Waals surface area contributed by atoms with Gasteiger partial charge in [0.1, 0.15) is 0 Å². The summed E-state index contributed by atoms with van der Waals surface area (Å²) >= 11 is 0. The number of nitrogens with zero attached hydrogens (tertiary/aromatic N) is 4. The molecule has 3 aromatic heterocycles. The fourth-order valence-electron chi connectivity index (χ4n) is 3.62. The summed E-state index contributed by atoms with van der Waals surface area (Å²) < 4.78 is 2.19. The minimum Gasteiger partial charge on any atom is -0.322 e. The average Bonchev–Trinajstić information content (AvgIpc) is 3.16. The first-order valence-electron chi connectivity index (χ1n) is 9.03. The molecule has 130 valence electrons.